The van der Waals surface area contributed by atoms with Crippen LogP contribution in [0.2, 0.25) is 0 Å². The van der Waals surface area contributed by atoms with E-state index in [1.807, 2.05) is 30.5 Å². The van der Waals surface area contributed by atoms with Crippen LogP contribution in [0.1, 0.15) is 39.0 Å². The fourth-order valence-corrected chi connectivity index (χ4v) is 5.58. The molecule has 0 spiro atoms. The van der Waals surface area contributed by atoms with Gasteiger partial charge in [-0.3, -0.25) is 14.3 Å². The third-order valence-corrected chi connectivity index (χ3v) is 7.96. The summed E-state index contributed by atoms with van der Waals surface area (Å²) >= 11 is 0. The van der Waals surface area contributed by atoms with Crippen LogP contribution in [0.3, 0.4) is 0 Å². The van der Waals surface area contributed by atoms with Gasteiger partial charge in [-0.05, 0) is 45.0 Å². The lowest BCUT2D eigenvalue weighted by Crippen LogP contribution is -2.50. The van der Waals surface area contributed by atoms with Crippen LogP contribution in [-0.2, 0) is 17.1 Å². The summed E-state index contributed by atoms with van der Waals surface area (Å²) in [5.74, 6) is 0.403. The molecule has 1 aliphatic heterocycles. The van der Waals surface area contributed by atoms with E-state index in [-0.39, 0.29) is 42.8 Å². The first-order valence-corrected chi connectivity index (χ1v) is 12.1. The molecule has 0 N–H and O–H groups in total. The molecule has 0 bridgehead atoms. The zero-order chi connectivity index (χ0) is 23.9. The molecule has 9 nitrogen and oxygen atoms in total. The predicted molar refractivity (Wildman–Crippen MR) is 123 cm³/mol. The van der Waals surface area contributed by atoms with E-state index in [9.17, 15) is 18.0 Å². The Morgan fingerprint density at radius 1 is 0.909 bits per heavy atom. The minimum absolute atomic E-state index is 0.119. The zero-order valence-electron chi connectivity index (χ0n) is 19.1. The SMILES string of the molecule is CC(=O)c1ccc(S(=O)(=O)N2CCN(C(=O)c3cnn(C)c3-n3c(C)ccc3C)CC2)cc1. The maximum atomic E-state index is 13.3. The largest absolute Gasteiger partial charge is 0.336 e. The van der Waals surface area contributed by atoms with Crippen LogP contribution in [0.5, 0.6) is 0 Å². The Hall–Kier alpha value is -3.24. The molecule has 1 aliphatic rings. The van der Waals surface area contributed by atoms with Crippen LogP contribution in [-0.4, -0.2) is 69.8 Å². The van der Waals surface area contributed by atoms with Crippen molar-refractivity contribution >= 4 is 21.7 Å². The molecule has 3 heterocycles. The van der Waals surface area contributed by atoms with Crippen LogP contribution in [0.15, 0.2) is 47.5 Å². The van der Waals surface area contributed by atoms with Crippen LogP contribution in [0.25, 0.3) is 5.82 Å². The molecule has 1 fully saturated rings. The number of benzene rings is 1. The molecule has 33 heavy (non-hydrogen) atoms. The Kier molecular flexibility index (Phi) is 5.98. The summed E-state index contributed by atoms with van der Waals surface area (Å²) in [4.78, 5) is 26.6. The van der Waals surface area contributed by atoms with Crippen molar-refractivity contribution in [1.82, 2.24) is 23.6 Å². The molecule has 174 valence electrons. The van der Waals surface area contributed by atoms with E-state index in [1.165, 1.54) is 35.5 Å². The van der Waals surface area contributed by atoms with Gasteiger partial charge in [0.05, 0.1) is 11.1 Å². The summed E-state index contributed by atoms with van der Waals surface area (Å²) in [6.45, 7) is 6.33. The van der Waals surface area contributed by atoms with Crippen molar-refractivity contribution in [2.45, 2.75) is 25.7 Å². The van der Waals surface area contributed by atoms with E-state index in [0.717, 1.165) is 11.4 Å². The normalized spacial score (nSPS) is 15.1. The summed E-state index contributed by atoms with van der Waals surface area (Å²) in [5, 5.41) is 4.30. The second kappa shape index (κ2) is 8.60. The number of ketones is 1. The molecule has 1 aromatic carbocycles. The van der Waals surface area contributed by atoms with Gasteiger partial charge in [0.1, 0.15) is 11.4 Å². The molecule has 10 heteroatoms. The average molecular weight is 470 g/mol. The van der Waals surface area contributed by atoms with E-state index in [0.29, 0.717) is 16.9 Å². The highest BCUT2D eigenvalue weighted by Crippen LogP contribution is 2.23. The Balaban J connectivity index is 1.51. The van der Waals surface area contributed by atoms with E-state index < -0.39 is 10.0 Å². The summed E-state index contributed by atoms with van der Waals surface area (Å²) in [5.41, 5.74) is 2.94. The molecule has 2 aromatic heterocycles. The molecule has 3 aromatic rings. The first-order chi connectivity index (χ1) is 15.6. The Morgan fingerprint density at radius 2 is 1.48 bits per heavy atom. The summed E-state index contributed by atoms with van der Waals surface area (Å²) < 4.78 is 31.1. The molecular weight excluding hydrogens is 442 g/mol. The topological polar surface area (TPSA) is 97.5 Å². The van der Waals surface area contributed by atoms with Gasteiger partial charge in [-0.15, -0.1) is 0 Å². The van der Waals surface area contributed by atoms with Crippen LogP contribution < -0.4 is 0 Å². The minimum Gasteiger partial charge on any atom is -0.336 e. The van der Waals surface area contributed by atoms with E-state index in [1.54, 1.807) is 22.8 Å². The lowest BCUT2D eigenvalue weighted by Gasteiger charge is -2.34. The molecule has 0 radical (unpaired) electrons. The predicted octanol–water partition coefficient (Wildman–Crippen LogP) is 2.18. The van der Waals surface area contributed by atoms with Crippen LogP contribution in [0, 0.1) is 13.8 Å². The number of aromatic nitrogens is 3. The fraction of sp³-hybridized carbons (Fsp3) is 0.348. The van der Waals surface area contributed by atoms with E-state index in [2.05, 4.69) is 5.10 Å². The van der Waals surface area contributed by atoms with Gasteiger partial charge in [0.15, 0.2) is 5.78 Å². The van der Waals surface area contributed by atoms with Gasteiger partial charge in [-0.25, -0.2) is 8.42 Å². The first kappa shape index (κ1) is 22.9. The maximum absolute atomic E-state index is 13.3. The highest BCUT2D eigenvalue weighted by Gasteiger charge is 2.32. The number of carbonyl (C=O) groups excluding carboxylic acids is 2. The van der Waals surface area contributed by atoms with Crippen molar-refractivity contribution in [3.8, 4) is 5.82 Å². The van der Waals surface area contributed by atoms with Gasteiger partial charge in [-0.1, -0.05) is 12.1 Å². The molecule has 0 saturated carbocycles. The number of aryl methyl sites for hydroxylation is 3. The number of Topliss-reactive ketones (excluding diaryl/α,β-unsaturated/α-hetero) is 1. The highest BCUT2D eigenvalue weighted by atomic mass is 32.2. The van der Waals surface area contributed by atoms with Gasteiger partial charge >= 0.3 is 0 Å². The number of nitrogens with zero attached hydrogens (tertiary/aromatic N) is 5. The second-order valence-corrected chi connectivity index (χ2v) is 10.2. The Morgan fingerprint density at radius 3 is 2.03 bits per heavy atom. The third-order valence-electron chi connectivity index (χ3n) is 6.05. The number of sulfonamides is 1. The van der Waals surface area contributed by atoms with Crippen molar-refractivity contribution in [3.63, 3.8) is 0 Å². The quantitative estimate of drug-likeness (QED) is 0.534. The van der Waals surface area contributed by atoms with E-state index >= 15 is 0 Å². The maximum Gasteiger partial charge on any atom is 0.259 e. The van der Waals surface area contributed by atoms with Gasteiger partial charge < -0.3 is 9.47 Å². The monoisotopic (exact) mass is 469 g/mol. The molecule has 0 aliphatic carbocycles. The summed E-state index contributed by atoms with van der Waals surface area (Å²) in [6.07, 6.45) is 1.57. The van der Waals surface area contributed by atoms with Crippen molar-refractivity contribution < 1.29 is 18.0 Å². The number of hydrogen-bond acceptors (Lipinski definition) is 5. The molecule has 1 saturated heterocycles. The molecule has 4 rings (SSSR count). The zero-order valence-corrected chi connectivity index (χ0v) is 20.0. The lowest BCUT2D eigenvalue weighted by molar-refractivity contribution is 0.0697. The van der Waals surface area contributed by atoms with Gasteiger partial charge in [-0.2, -0.15) is 9.40 Å². The van der Waals surface area contributed by atoms with Crippen molar-refractivity contribution in [3.05, 3.63) is 65.1 Å². The standard InChI is InChI=1S/C23H27N5O4S/c1-16-5-6-17(2)28(16)22-21(15-24-25(22)4)23(30)26-11-13-27(14-12-26)33(31,32)20-9-7-19(8-10-20)18(3)29/h5-10,15H,11-14H2,1-4H3. The number of piperazine rings is 1. The summed E-state index contributed by atoms with van der Waals surface area (Å²) in [6, 6.07) is 9.92. The molecule has 0 unspecified atom stereocenters. The smallest absolute Gasteiger partial charge is 0.259 e. The lowest BCUT2D eigenvalue weighted by atomic mass is 10.2. The van der Waals surface area contributed by atoms with Crippen molar-refractivity contribution in [2.24, 2.45) is 7.05 Å². The summed E-state index contributed by atoms with van der Waals surface area (Å²) in [7, 11) is -1.91. The first-order valence-electron chi connectivity index (χ1n) is 10.7. The van der Waals surface area contributed by atoms with Gasteiger partial charge in [0.2, 0.25) is 10.0 Å². The van der Waals surface area contributed by atoms with Crippen LogP contribution >= 0.6 is 0 Å². The molecule has 0 atom stereocenters. The molecular formula is C23H27N5O4S. The Bertz CT molecular complexity index is 1290. The average Bonchev–Trinajstić information content (AvgIpc) is 3.34. The number of amides is 1. The Labute approximate surface area is 193 Å². The second-order valence-electron chi connectivity index (χ2n) is 8.23. The molecule has 1 amide bonds. The minimum atomic E-state index is -3.71. The van der Waals surface area contributed by atoms with Gasteiger partial charge in [0, 0.05) is 50.2 Å². The van der Waals surface area contributed by atoms with Crippen LogP contribution in [0.4, 0.5) is 0 Å². The number of carbonyl (C=O) groups is 2. The number of hydrogen-bond donors (Lipinski definition) is 0. The van der Waals surface area contributed by atoms with Crippen molar-refractivity contribution in [1.29, 1.82) is 0 Å². The third kappa shape index (κ3) is 4.11. The van der Waals surface area contributed by atoms with Crippen molar-refractivity contribution in [2.75, 3.05) is 26.2 Å². The van der Waals surface area contributed by atoms with E-state index in [4.69, 9.17) is 0 Å². The fourth-order valence-electron chi connectivity index (χ4n) is 4.16. The van der Waals surface area contributed by atoms with Gasteiger partial charge in [0.25, 0.3) is 5.91 Å². The number of rotatable bonds is 5. The highest BCUT2D eigenvalue weighted by molar-refractivity contribution is 7.89.